The summed E-state index contributed by atoms with van der Waals surface area (Å²) in [5.74, 6) is 0.563. The molecule has 0 aromatic heterocycles. The van der Waals surface area contributed by atoms with E-state index in [0.717, 1.165) is 23.7 Å². The molecule has 0 spiro atoms. The number of ether oxygens (including phenoxy) is 1. The van der Waals surface area contributed by atoms with Gasteiger partial charge in [-0.25, -0.2) is 13.1 Å². The highest BCUT2D eigenvalue weighted by Gasteiger charge is 2.17. The van der Waals surface area contributed by atoms with Crippen LogP contribution >= 0.6 is 15.9 Å². The number of hydrogen-bond acceptors (Lipinski definition) is 3. The van der Waals surface area contributed by atoms with Gasteiger partial charge in [0.25, 0.3) is 0 Å². The molecule has 0 radical (unpaired) electrons. The van der Waals surface area contributed by atoms with Gasteiger partial charge in [-0.15, -0.1) is 0 Å². The number of sulfonamides is 1. The maximum absolute atomic E-state index is 12.1. The lowest BCUT2D eigenvalue weighted by Gasteiger charge is -2.12. The Hall–Kier alpha value is -0.590. The SMILES string of the molecule is CCCCCOc1cc(S(=O)(=O)NC(C)C)ccc1Br. The van der Waals surface area contributed by atoms with Gasteiger partial charge < -0.3 is 4.74 Å². The average Bonchev–Trinajstić information content (AvgIpc) is 2.34. The van der Waals surface area contributed by atoms with Crippen molar-refractivity contribution < 1.29 is 13.2 Å². The van der Waals surface area contributed by atoms with Crippen LogP contribution in [0.4, 0.5) is 0 Å². The Kier molecular flexibility index (Phi) is 6.99. The molecule has 4 nitrogen and oxygen atoms in total. The quantitative estimate of drug-likeness (QED) is 0.716. The largest absolute Gasteiger partial charge is 0.492 e. The molecule has 1 aromatic carbocycles. The first-order chi connectivity index (χ1) is 9.36. The molecule has 1 N–H and O–H groups in total. The van der Waals surface area contributed by atoms with E-state index in [-0.39, 0.29) is 10.9 Å². The fraction of sp³-hybridized carbons (Fsp3) is 0.571. The lowest BCUT2D eigenvalue weighted by atomic mass is 10.3. The molecular formula is C14H22BrNO3S. The second kappa shape index (κ2) is 8.00. The van der Waals surface area contributed by atoms with Crippen molar-refractivity contribution in [2.45, 2.75) is 51.0 Å². The van der Waals surface area contributed by atoms with Gasteiger partial charge in [-0.3, -0.25) is 0 Å². The lowest BCUT2D eigenvalue weighted by molar-refractivity contribution is 0.303. The van der Waals surface area contributed by atoms with Crippen molar-refractivity contribution in [3.63, 3.8) is 0 Å². The van der Waals surface area contributed by atoms with Crippen LogP contribution in [0.1, 0.15) is 40.0 Å². The standard InChI is InChI=1S/C14H22BrNO3S/c1-4-5-6-9-19-14-10-12(7-8-13(14)15)20(17,18)16-11(2)3/h7-8,10-11,16H,4-6,9H2,1-3H3. The van der Waals surface area contributed by atoms with E-state index in [9.17, 15) is 8.42 Å². The minimum absolute atomic E-state index is 0.141. The third-order valence-electron chi connectivity index (χ3n) is 2.61. The van der Waals surface area contributed by atoms with E-state index in [0.29, 0.717) is 12.4 Å². The fourth-order valence-electron chi connectivity index (χ4n) is 1.67. The predicted molar refractivity (Wildman–Crippen MR) is 84.6 cm³/mol. The van der Waals surface area contributed by atoms with Crippen molar-refractivity contribution in [2.24, 2.45) is 0 Å². The average molecular weight is 364 g/mol. The van der Waals surface area contributed by atoms with E-state index in [1.807, 2.05) is 0 Å². The van der Waals surface area contributed by atoms with Gasteiger partial charge in [0.1, 0.15) is 5.75 Å². The zero-order chi connectivity index (χ0) is 15.2. The van der Waals surface area contributed by atoms with Crippen LogP contribution in [0.2, 0.25) is 0 Å². The van der Waals surface area contributed by atoms with Gasteiger partial charge >= 0.3 is 0 Å². The lowest BCUT2D eigenvalue weighted by Crippen LogP contribution is -2.30. The number of nitrogens with one attached hydrogen (secondary N) is 1. The molecule has 0 saturated carbocycles. The van der Waals surface area contributed by atoms with E-state index >= 15 is 0 Å². The van der Waals surface area contributed by atoms with Gasteiger partial charge in [-0.1, -0.05) is 19.8 Å². The molecule has 0 fully saturated rings. The van der Waals surface area contributed by atoms with Crippen LogP contribution in [-0.2, 0) is 10.0 Å². The molecule has 0 aliphatic heterocycles. The molecule has 114 valence electrons. The highest BCUT2D eigenvalue weighted by Crippen LogP contribution is 2.28. The number of rotatable bonds is 8. The van der Waals surface area contributed by atoms with Crippen molar-refractivity contribution in [2.75, 3.05) is 6.61 Å². The van der Waals surface area contributed by atoms with Crippen molar-refractivity contribution in [1.82, 2.24) is 4.72 Å². The molecular weight excluding hydrogens is 342 g/mol. The number of hydrogen-bond donors (Lipinski definition) is 1. The first kappa shape index (κ1) is 17.5. The van der Waals surface area contributed by atoms with Gasteiger partial charge in [-0.05, 0) is 48.3 Å². The molecule has 0 aliphatic carbocycles. The minimum Gasteiger partial charge on any atom is -0.492 e. The van der Waals surface area contributed by atoms with E-state index in [2.05, 4.69) is 27.6 Å². The molecule has 0 amide bonds. The van der Waals surface area contributed by atoms with Gasteiger partial charge in [0.05, 0.1) is 16.0 Å². The zero-order valence-electron chi connectivity index (χ0n) is 12.1. The molecule has 0 atom stereocenters. The van der Waals surface area contributed by atoms with Crippen LogP contribution in [0.3, 0.4) is 0 Å². The highest BCUT2D eigenvalue weighted by atomic mass is 79.9. The van der Waals surface area contributed by atoms with Crippen LogP contribution in [0.5, 0.6) is 5.75 Å². The summed E-state index contributed by atoms with van der Waals surface area (Å²) >= 11 is 3.38. The number of unbranched alkanes of at least 4 members (excludes halogenated alkanes) is 2. The topological polar surface area (TPSA) is 55.4 Å². The molecule has 1 rings (SSSR count). The van der Waals surface area contributed by atoms with E-state index in [4.69, 9.17) is 4.74 Å². The van der Waals surface area contributed by atoms with E-state index in [1.165, 1.54) is 0 Å². The summed E-state index contributed by atoms with van der Waals surface area (Å²) in [6.07, 6.45) is 3.19. The Morgan fingerprint density at radius 2 is 2.00 bits per heavy atom. The molecule has 20 heavy (non-hydrogen) atoms. The third kappa shape index (κ3) is 5.42. The summed E-state index contributed by atoms with van der Waals surface area (Å²) < 4.78 is 33.2. The Labute approximate surface area is 130 Å². The Morgan fingerprint density at radius 1 is 1.30 bits per heavy atom. The Morgan fingerprint density at radius 3 is 2.60 bits per heavy atom. The Balaban J connectivity index is 2.85. The van der Waals surface area contributed by atoms with Gasteiger partial charge in [0.2, 0.25) is 10.0 Å². The molecule has 6 heteroatoms. The normalized spacial score (nSPS) is 11.8. The van der Waals surface area contributed by atoms with Crippen molar-refractivity contribution in [3.05, 3.63) is 22.7 Å². The van der Waals surface area contributed by atoms with Gasteiger partial charge in [-0.2, -0.15) is 0 Å². The summed E-state index contributed by atoms with van der Waals surface area (Å²) in [6.45, 7) is 6.30. The molecule has 0 aliphatic rings. The van der Waals surface area contributed by atoms with Crippen LogP contribution in [-0.4, -0.2) is 21.1 Å². The summed E-state index contributed by atoms with van der Waals surface area (Å²) in [7, 11) is -3.48. The van der Waals surface area contributed by atoms with Crippen molar-refractivity contribution in [1.29, 1.82) is 0 Å². The molecule has 1 aromatic rings. The summed E-state index contributed by atoms with van der Waals surface area (Å²) in [6, 6.07) is 4.68. The van der Waals surface area contributed by atoms with E-state index in [1.54, 1.807) is 32.0 Å². The Bertz CT molecular complexity index is 529. The van der Waals surface area contributed by atoms with Crippen LogP contribution in [0.25, 0.3) is 0 Å². The number of benzene rings is 1. The zero-order valence-corrected chi connectivity index (χ0v) is 14.6. The fourth-order valence-corrected chi connectivity index (χ4v) is 3.30. The van der Waals surface area contributed by atoms with Crippen molar-refractivity contribution in [3.8, 4) is 5.75 Å². The van der Waals surface area contributed by atoms with Gasteiger partial charge in [0, 0.05) is 12.1 Å². The van der Waals surface area contributed by atoms with Crippen molar-refractivity contribution >= 4 is 26.0 Å². The number of halogens is 1. The monoisotopic (exact) mass is 363 g/mol. The van der Waals surface area contributed by atoms with Crippen LogP contribution < -0.4 is 9.46 Å². The predicted octanol–water partition coefficient (Wildman–Crippen LogP) is 3.70. The highest BCUT2D eigenvalue weighted by molar-refractivity contribution is 9.10. The second-order valence-corrected chi connectivity index (χ2v) is 7.49. The molecule has 0 heterocycles. The molecule has 0 unspecified atom stereocenters. The third-order valence-corrected chi connectivity index (χ3v) is 4.92. The van der Waals surface area contributed by atoms with Crippen LogP contribution in [0.15, 0.2) is 27.6 Å². The molecule has 0 bridgehead atoms. The van der Waals surface area contributed by atoms with E-state index < -0.39 is 10.0 Å². The summed E-state index contributed by atoms with van der Waals surface area (Å²) in [5.41, 5.74) is 0. The first-order valence-electron chi connectivity index (χ1n) is 6.81. The molecule has 0 saturated heterocycles. The smallest absolute Gasteiger partial charge is 0.240 e. The van der Waals surface area contributed by atoms with Crippen LogP contribution in [0, 0.1) is 0 Å². The summed E-state index contributed by atoms with van der Waals surface area (Å²) in [5, 5.41) is 0. The maximum atomic E-state index is 12.1. The minimum atomic E-state index is -3.48. The maximum Gasteiger partial charge on any atom is 0.240 e. The van der Waals surface area contributed by atoms with Gasteiger partial charge in [0.15, 0.2) is 0 Å². The first-order valence-corrected chi connectivity index (χ1v) is 9.09. The second-order valence-electron chi connectivity index (χ2n) is 4.92. The summed E-state index contributed by atoms with van der Waals surface area (Å²) in [4.78, 5) is 0.222.